The Hall–Kier alpha value is 0.430. The van der Waals surface area contributed by atoms with Crippen LogP contribution in [0.4, 0.5) is 0 Å². The van der Waals surface area contributed by atoms with Gasteiger partial charge in [0, 0.05) is 0 Å². The summed E-state index contributed by atoms with van der Waals surface area (Å²) in [5.41, 5.74) is 0. The number of rotatable bonds is 2. The van der Waals surface area contributed by atoms with Gasteiger partial charge < -0.3 is 0 Å². The van der Waals surface area contributed by atoms with Crippen LogP contribution in [0.25, 0.3) is 0 Å². The standard InChI is InChI=1S/C4H10P.CH4/c1-3-5-4-2;/h3-4H2,1-2H3;1H4. The molecule has 0 aliphatic rings. The Balaban J connectivity index is 0. The smallest absolute Gasteiger partial charge is 0.0316 e. The molecular formula is C5H14P. The lowest BCUT2D eigenvalue weighted by molar-refractivity contribution is 1.44. The third-order valence-corrected chi connectivity index (χ3v) is 1.34. The maximum atomic E-state index is 2.20. The van der Waals surface area contributed by atoms with Crippen LogP contribution in [0, 0.1) is 0 Å². The number of hydrogen-bond acceptors (Lipinski definition) is 0. The van der Waals surface area contributed by atoms with Crippen LogP contribution in [-0.2, 0) is 0 Å². The van der Waals surface area contributed by atoms with Crippen LogP contribution in [0.2, 0.25) is 0 Å². The minimum atomic E-state index is 0. The highest BCUT2D eigenvalue weighted by molar-refractivity contribution is 7.37. The van der Waals surface area contributed by atoms with Gasteiger partial charge in [-0.3, -0.25) is 0 Å². The minimum Gasteiger partial charge on any atom is -0.0816 e. The lowest BCUT2D eigenvalue weighted by Gasteiger charge is -1.78. The Kier molecular flexibility index (Phi) is 14.6. The van der Waals surface area contributed by atoms with Crippen molar-refractivity contribution in [2.75, 3.05) is 12.3 Å². The van der Waals surface area contributed by atoms with E-state index in [4.69, 9.17) is 0 Å². The lowest BCUT2D eigenvalue weighted by atomic mass is 11.0. The van der Waals surface area contributed by atoms with Crippen LogP contribution in [-0.4, -0.2) is 12.3 Å². The summed E-state index contributed by atoms with van der Waals surface area (Å²) in [4.78, 5) is 0. The predicted molar refractivity (Wildman–Crippen MR) is 34.7 cm³/mol. The fourth-order valence-corrected chi connectivity index (χ4v) is 0.671. The normalized spacial score (nSPS) is 7.00. The summed E-state index contributed by atoms with van der Waals surface area (Å²) >= 11 is 0. The molecule has 1 heteroatoms. The van der Waals surface area contributed by atoms with Gasteiger partial charge in [-0.25, -0.2) is 0 Å². The van der Waals surface area contributed by atoms with E-state index >= 15 is 0 Å². The molecule has 0 aliphatic carbocycles. The molecule has 0 saturated heterocycles. The quantitative estimate of drug-likeness (QED) is 0.473. The van der Waals surface area contributed by atoms with Crippen molar-refractivity contribution >= 4 is 8.58 Å². The summed E-state index contributed by atoms with van der Waals surface area (Å²) in [5.74, 6) is 0. The van der Waals surface area contributed by atoms with E-state index in [1.807, 2.05) is 0 Å². The first-order chi connectivity index (χ1) is 2.41. The molecule has 0 nitrogen and oxygen atoms in total. The average molecular weight is 105 g/mol. The van der Waals surface area contributed by atoms with Gasteiger partial charge >= 0.3 is 0 Å². The second-order valence-corrected chi connectivity index (χ2v) is 2.57. The summed E-state index contributed by atoms with van der Waals surface area (Å²) in [6.45, 7) is 4.40. The van der Waals surface area contributed by atoms with E-state index in [9.17, 15) is 0 Å². The van der Waals surface area contributed by atoms with Gasteiger partial charge in [-0.1, -0.05) is 29.9 Å². The minimum absolute atomic E-state index is 0. The van der Waals surface area contributed by atoms with Crippen LogP contribution in [0.1, 0.15) is 21.3 Å². The van der Waals surface area contributed by atoms with Crippen molar-refractivity contribution in [3.63, 3.8) is 0 Å². The largest absolute Gasteiger partial charge is 0.0816 e. The Labute approximate surface area is 43.1 Å². The SMILES string of the molecule is C.CC[P]CC. The number of hydrogen-bond donors (Lipinski definition) is 0. The van der Waals surface area contributed by atoms with Crippen LogP contribution in [0.5, 0.6) is 0 Å². The molecule has 0 rings (SSSR count). The first kappa shape index (κ1) is 9.66. The van der Waals surface area contributed by atoms with Crippen LogP contribution in [0.3, 0.4) is 0 Å². The first-order valence-corrected chi connectivity index (χ1v) is 3.31. The molecule has 0 spiro atoms. The Bertz CT molecular complexity index is 11.4. The molecule has 0 unspecified atom stereocenters. The molecule has 0 heterocycles. The highest BCUT2D eigenvalue weighted by Crippen LogP contribution is 2.03. The molecule has 0 atom stereocenters. The molecule has 0 aromatic heterocycles. The molecule has 6 heavy (non-hydrogen) atoms. The Morgan fingerprint density at radius 3 is 1.50 bits per heavy atom. The van der Waals surface area contributed by atoms with Gasteiger partial charge in [0.15, 0.2) is 0 Å². The summed E-state index contributed by atoms with van der Waals surface area (Å²) in [5, 5.41) is 0. The summed E-state index contributed by atoms with van der Waals surface area (Å²) in [7, 11) is 1.58. The molecule has 0 bridgehead atoms. The summed E-state index contributed by atoms with van der Waals surface area (Å²) < 4.78 is 0. The van der Waals surface area contributed by atoms with E-state index in [2.05, 4.69) is 13.8 Å². The zero-order valence-electron chi connectivity index (χ0n) is 3.86. The van der Waals surface area contributed by atoms with Crippen molar-refractivity contribution in [1.82, 2.24) is 0 Å². The second kappa shape index (κ2) is 9.06. The molecule has 0 saturated carbocycles. The molecule has 0 N–H and O–H groups in total. The molecule has 0 aliphatic heterocycles. The van der Waals surface area contributed by atoms with Gasteiger partial charge in [-0.2, -0.15) is 0 Å². The van der Waals surface area contributed by atoms with Gasteiger partial charge in [-0.05, 0) is 12.3 Å². The second-order valence-electron chi connectivity index (χ2n) is 0.856. The zero-order chi connectivity index (χ0) is 4.12. The third-order valence-electron chi connectivity index (χ3n) is 0.447. The molecule has 0 aromatic rings. The van der Waals surface area contributed by atoms with Crippen molar-refractivity contribution in [2.45, 2.75) is 21.3 Å². The highest BCUT2D eigenvalue weighted by Gasteiger charge is 1.68. The van der Waals surface area contributed by atoms with Crippen molar-refractivity contribution in [3.05, 3.63) is 0 Å². The average Bonchev–Trinajstić information content (AvgIpc) is 1.41. The molecule has 1 radical (unpaired) electrons. The fraction of sp³-hybridized carbons (Fsp3) is 1.00. The monoisotopic (exact) mass is 105 g/mol. The summed E-state index contributed by atoms with van der Waals surface area (Å²) in [6.07, 6.45) is 2.63. The maximum absolute atomic E-state index is 2.20. The predicted octanol–water partition coefficient (Wildman–Crippen LogP) is 2.61. The molecule has 0 fully saturated rings. The highest BCUT2D eigenvalue weighted by atomic mass is 31.1. The van der Waals surface area contributed by atoms with Gasteiger partial charge in [-0.15, -0.1) is 0 Å². The topological polar surface area (TPSA) is 0 Å². The van der Waals surface area contributed by atoms with Crippen LogP contribution >= 0.6 is 8.58 Å². The Morgan fingerprint density at radius 1 is 1.17 bits per heavy atom. The zero-order valence-corrected chi connectivity index (χ0v) is 4.76. The van der Waals surface area contributed by atoms with E-state index in [1.165, 1.54) is 12.3 Å². The van der Waals surface area contributed by atoms with E-state index < -0.39 is 0 Å². The molecule has 0 aromatic carbocycles. The van der Waals surface area contributed by atoms with Gasteiger partial charge in [0.05, 0.1) is 0 Å². The van der Waals surface area contributed by atoms with Gasteiger partial charge in [0.1, 0.15) is 0 Å². The summed E-state index contributed by atoms with van der Waals surface area (Å²) in [6, 6.07) is 0. The van der Waals surface area contributed by atoms with Crippen molar-refractivity contribution < 1.29 is 0 Å². The fourth-order valence-electron chi connectivity index (χ4n) is 0.224. The molecule has 39 valence electrons. The van der Waals surface area contributed by atoms with Gasteiger partial charge in [0.25, 0.3) is 0 Å². The van der Waals surface area contributed by atoms with Crippen molar-refractivity contribution in [3.8, 4) is 0 Å². The van der Waals surface area contributed by atoms with E-state index in [1.54, 1.807) is 8.58 Å². The van der Waals surface area contributed by atoms with Crippen LogP contribution < -0.4 is 0 Å². The van der Waals surface area contributed by atoms with E-state index in [0.29, 0.717) is 0 Å². The third kappa shape index (κ3) is 8.83. The lowest BCUT2D eigenvalue weighted by Crippen LogP contribution is -1.59. The van der Waals surface area contributed by atoms with Gasteiger partial charge in [0.2, 0.25) is 0 Å². The maximum Gasteiger partial charge on any atom is -0.0316 e. The van der Waals surface area contributed by atoms with E-state index in [0.717, 1.165) is 0 Å². The molecular weight excluding hydrogens is 91.0 g/mol. The van der Waals surface area contributed by atoms with Crippen molar-refractivity contribution in [2.24, 2.45) is 0 Å². The Morgan fingerprint density at radius 2 is 1.50 bits per heavy atom. The van der Waals surface area contributed by atoms with Crippen LogP contribution in [0.15, 0.2) is 0 Å². The molecule has 0 amide bonds. The van der Waals surface area contributed by atoms with E-state index in [-0.39, 0.29) is 7.43 Å². The first-order valence-electron chi connectivity index (χ1n) is 2.05. The van der Waals surface area contributed by atoms with Crippen molar-refractivity contribution in [1.29, 1.82) is 0 Å².